The largest absolute Gasteiger partial charge is 0.489 e. The number of rotatable bonds is 8. The summed E-state index contributed by atoms with van der Waals surface area (Å²) in [7, 11) is 1.18. The smallest absolute Gasteiger partial charge is 0.407 e. The summed E-state index contributed by atoms with van der Waals surface area (Å²) in [5.41, 5.74) is 1.15. The summed E-state index contributed by atoms with van der Waals surface area (Å²) in [5, 5.41) is 12.8. The van der Waals surface area contributed by atoms with Crippen molar-refractivity contribution in [2.75, 3.05) is 7.11 Å². The van der Waals surface area contributed by atoms with Crippen LogP contribution in [0.4, 0.5) is 4.79 Å². The molecule has 0 fully saturated rings. The Balaban J connectivity index is 2.02. The van der Waals surface area contributed by atoms with Crippen LogP contribution in [0.1, 0.15) is 31.9 Å². The van der Waals surface area contributed by atoms with Crippen LogP contribution in [0.15, 0.2) is 54.6 Å². The van der Waals surface area contributed by atoms with Crippen LogP contribution in [-0.4, -0.2) is 42.0 Å². The normalized spacial score (nSPS) is 13.1. The fourth-order valence-electron chi connectivity index (χ4n) is 2.70. The Morgan fingerprint density at radius 2 is 1.63 bits per heavy atom. The molecule has 0 saturated heterocycles. The predicted molar refractivity (Wildman–Crippen MR) is 112 cm³/mol. The van der Waals surface area contributed by atoms with Crippen LogP contribution in [0.25, 0.3) is 0 Å². The lowest BCUT2D eigenvalue weighted by atomic mass is 10.0. The highest BCUT2D eigenvalue weighted by Crippen LogP contribution is 2.17. The first-order valence-electron chi connectivity index (χ1n) is 9.69. The molecule has 0 radical (unpaired) electrons. The third-order valence-electron chi connectivity index (χ3n) is 4.15. The van der Waals surface area contributed by atoms with E-state index in [9.17, 15) is 14.7 Å². The van der Waals surface area contributed by atoms with E-state index in [1.54, 1.807) is 32.9 Å². The molecule has 7 nitrogen and oxygen atoms in total. The maximum absolute atomic E-state index is 12.1. The summed E-state index contributed by atoms with van der Waals surface area (Å²) in [6.07, 6.45) is -2.05. The minimum absolute atomic E-state index is 0.203. The third-order valence-corrected chi connectivity index (χ3v) is 4.15. The van der Waals surface area contributed by atoms with Crippen LogP contribution < -0.4 is 10.1 Å². The molecule has 0 saturated carbocycles. The van der Waals surface area contributed by atoms with E-state index in [0.29, 0.717) is 12.4 Å². The highest BCUT2D eigenvalue weighted by Gasteiger charge is 2.30. The Kier molecular flexibility index (Phi) is 8.24. The molecule has 2 atom stereocenters. The average Bonchev–Trinajstić information content (AvgIpc) is 2.71. The number of esters is 1. The number of aliphatic hydroxyl groups is 1. The molecule has 0 aliphatic carbocycles. The van der Waals surface area contributed by atoms with Crippen LogP contribution in [-0.2, 0) is 27.3 Å². The van der Waals surface area contributed by atoms with Crippen molar-refractivity contribution in [2.45, 2.75) is 51.5 Å². The predicted octanol–water partition coefficient (Wildman–Crippen LogP) is 3.24. The first-order valence-corrected chi connectivity index (χ1v) is 9.69. The zero-order valence-electron chi connectivity index (χ0n) is 17.8. The van der Waals surface area contributed by atoms with Crippen molar-refractivity contribution in [1.29, 1.82) is 0 Å². The standard InChI is InChI=1S/C23H29NO6/c1-23(2,3)30-22(27)24-19(20(25)21(26)28-4)14-16-10-12-18(13-11-16)29-15-17-8-6-5-7-9-17/h5-13,19-20,25H,14-15H2,1-4H3,(H,24,27)/t19-,20-/m0/s1. The zero-order chi connectivity index (χ0) is 22.1. The van der Waals surface area contributed by atoms with Crippen molar-refractivity contribution in [3.8, 4) is 5.75 Å². The number of carbonyl (C=O) groups excluding carboxylic acids is 2. The van der Waals surface area contributed by atoms with Crippen molar-refractivity contribution < 1.29 is 28.9 Å². The second-order valence-corrected chi connectivity index (χ2v) is 7.84. The van der Waals surface area contributed by atoms with Crippen LogP contribution >= 0.6 is 0 Å². The van der Waals surface area contributed by atoms with Gasteiger partial charge in [-0.3, -0.25) is 0 Å². The Bertz CT molecular complexity index is 814. The molecule has 2 rings (SSSR count). The number of ether oxygens (including phenoxy) is 3. The maximum Gasteiger partial charge on any atom is 0.407 e. The first-order chi connectivity index (χ1) is 14.2. The lowest BCUT2D eigenvalue weighted by Crippen LogP contribution is -2.49. The molecular weight excluding hydrogens is 386 g/mol. The van der Waals surface area contributed by atoms with Gasteiger partial charge in [-0.2, -0.15) is 0 Å². The minimum atomic E-state index is -1.53. The zero-order valence-corrected chi connectivity index (χ0v) is 17.8. The molecule has 0 bridgehead atoms. The van der Waals surface area contributed by atoms with Gasteiger partial charge in [0.05, 0.1) is 13.2 Å². The van der Waals surface area contributed by atoms with Crippen molar-refractivity contribution in [3.63, 3.8) is 0 Å². The van der Waals surface area contributed by atoms with Crippen LogP contribution in [0.3, 0.4) is 0 Å². The Morgan fingerprint density at radius 1 is 1.00 bits per heavy atom. The number of carbonyl (C=O) groups is 2. The number of methoxy groups -OCH3 is 1. The summed E-state index contributed by atoms with van der Waals surface area (Å²) in [4.78, 5) is 23.9. The van der Waals surface area contributed by atoms with Crippen molar-refractivity contribution in [2.24, 2.45) is 0 Å². The van der Waals surface area contributed by atoms with Crippen LogP contribution in [0, 0.1) is 0 Å². The number of alkyl carbamates (subject to hydrolysis) is 1. The van der Waals surface area contributed by atoms with Crippen molar-refractivity contribution in [1.82, 2.24) is 5.32 Å². The Hall–Kier alpha value is -3.06. The summed E-state index contributed by atoms with van der Waals surface area (Å²) in [6.45, 7) is 5.63. The molecule has 2 aromatic carbocycles. The van der Waals surface area contributed by atoms with E-state index in [4.69, 9.17) is 9.47 Å². The minimum Gasteiger partial charge on any atom is -0.489 e. The van der Waals surface area contributed by atoms with Gasteiger partial charge in [-0.05, 0) is 50.5 Å². The average molecular weight is 415 g/mol. The van der Waals surface area contributed by atoms with Crippen molar-refractivity contribution >= 4 is 12.1 Å². The fraction of sp³-hybridized carbons (Fsp3) is 0.391. The SMILES string of the molecule is COC(=O)[C@@H](O)[C@H](Cc1ccc(OCc2ccccc2)cc1)NC(=O)OC(C)(C)C. The molecule has 7 heteroatoms. The molecule has 0 aliphatic heterocycles. The van der Waals surface area contributed by atoms with E-state index in [-0.39, 0.29) is 6.42 Å². The van der Waals surface area contributed by atoms with E-state index >= 15 is 0 Å². The summed E-state index contributed by atoms with van der Waals surface area (Å²) >= 11 is 0. The molecule has 0 unspecified atom stereocenters. The first kappa shape index (κ1) is 23.2. The molecule has 30 heavy (non-hydrogen) atoms. The molecule has 0 aromatic heterocycles. The van der Waals surface area contributed by atoms with Gasteiger partial charge in [-0.25, -0.2) is 9.59 Å². The van der Waals surface area contributed by atoms with Gasteiger partial charge in [-0.15, -0.1) is 0 Å². The maximum atomic E-state index is 12.1. The molecule has 1 amide bonds. The molecule has 0 spiro atoms. The van der Waals surface area contributed by atoms with Gasteiger partial charge in [0.15, 0.2) is 6.10 Å². The molecule has 0 heterocycles. The third kappa shape index (κ3) is 7.75. The second-order valence-electron chi connectivity index (χ2n) is 7.84. The van der Waals surface area contributed by atoms with E-state index in [1.165, 1.54) is 7.11 Å². The van der Waals surface area contributed by atoms with Crippen LogP contribution in [0.2, 0.25) is 0 Å². The van der Waals surface area contributed by atoms with E-state index in [0.717, 1.165) is 11.1 Å². The van der Waals surface area contributed by atoms with Gasteiger partial charge >= 0.3 is 12.1 Å². The number of aliphatic hydroxyl groups excluding tert-OH is 1. The fourth-order valence-corrected chi connectivity index (χ4v) is 2.70. The van der Waals surface area contributed by atoms with E-state index in [2.05, 4.69) is 10.1 Å². The van der Waals surface area contributed by atoms with E-state index in [1.807, 2.05) is 42.5 Å². The summed E-state index contributed by atoms with van der Waals surface area (Å²) in [6, 6.07) is 16.1. The monoisotopic (exact) mass is 415 g/mol. The van der Waals surface area contributed by atoms with Gasteiger partial charge in [0, 0.05) is 0 Å². The quantitative estimate of drug-likeness (QED) is 0.643. The number of hydrogen-bond donors (Lipinski definition) is 2. The summed E-state index contributed by atoms with van der Waals surface area (Å²) in [5.74, 6) is -0.147. The molecule has 162 valence electrons. The lowest BCUT2D eigenvalue weighted by molar-refractivity contribution is -0.151. The molecule has 0 aliphatic rings. The molecular formula is C23H29NO6. The highest BCUT2D eigenvalue weighted by molar-refractivity contribution is 5.77. The van der Waals surface area contributed by atoms with Gasteiger partial charge < -0.3 is 24.6 Å². The van der Waals surface area contributed by atoms with E-state index < -0.39 is 29.8 Å². The molecule has 2 aromatic rings. The topological polar surface area (TPSA) is 94.1 Å². The van der Waals surface area contributed by atoms with Crippen LogP contribution in [0.5, 0.6) is 5.75 Å². The number of hydrogen-bond acceptors (Lipinski definition) is 6. The van der Waals surface area contributed by atoms with Gasteiger partial charge in [0.2, 0.25) is 0 Å². The highest BCUT2D eigenvalue weighted by atomic mass is 16.6. The Morgan fingerprint density at radius 3 is 2.20 bits per heavy atom. The van der Waals surface area contributed by atoms with Crippen molar-refractivity contribution in [3.05, 3.63) is 65.7 Å². The van der Waals surface area contributed by atoms with Gasteiger partial charge in [0.1, 0.15) is 18.0 Å². The van der Waals surface area contributed by atoms with Gasteiger partial charge in [-0.1, -0.05) is 42.5 Å². The number of nitrogens with one attached hydrogen (secondary N) is 1. The number of benzene rings is 2. The second kappa shape index (κ2) is 10.6. The lowest BCUT2D eigenvalue weighted by Gasteiger charge is -2.25. The summed E-state index contributed by atoms with van der Waals surface area (Å²) < 4.78 is 15.6. The Labute approximate surface area is 177 Å². The molecule has 2 N–H and O–H groups in total. The van der Waals surface area contributed by atoms with Gasteiger partial charge in [0.25, 0.3) is 0 Å². The number of amides is 1.